The maximum absolute atomic E-state index is 10.3. The Labute approximate surface area is 105 Å². The van der Waals surface area contributed by atoms with Gasteiger partial charge in [0.2, 0.25) is 0 Å². The lowest BCUT2D eigenvalue weighted by molar-refractivity contribution is -0.137. The van der Waals surface area contributed by atoms with Gasteiger partial charge in [-0.15, -0.1) is 0 Å². The summed E-state index contributed by atoms with van der Waals surface area (Å²) in [7, 11) is 0. The highest BCUT2D eigenvalue weighted by atomic mass is 16.4. The molecule has 0 heterocycles. The van der Waals surface area contributed by atoms with Crippen LogP contribution in [0.3, 0.4) is 0 Å². The molecule has 0 aromatic rings. The lowest BCUT2D eigenvalue weighted by Crippen LogP contribution is -1.93. The summed E-state index contributed by atoms with van der Waals surface area (Å²) in [6.45, 7) is 2.25. The molecule has 17 heavy (non-hydrogen) atoms. The molecule has 0 radical (unpaired) electrons. The molecule has 1 rings (SSSR count). The number of carboxylic acids is 1. The third-order valence-corrected chi connectivity index (χ3v) is 3.47. The second-order valence-corrected chi connectivity index (χ2v) is 5.15. The van der Waals surface area contributed by atoms with E-state index < -0.39 is 5.97 Å². The SMILES string of the molecule is CCCC1=C(CCCCCCCCC(=O)O)C1. The summed E-state index contributed by atoms with van der Waals surface area (Å²) >= 11 is 0. The Morgan fingerprint density at radius 1 is 1.00 bits per heavy atom. The molecule has 0 fully saturated rings. The minimum atomic E-state index is -0.658. The molecule has 0 unspecified atom stereocenters. The fourth-order valence-corrected chi connectivity index (χ4v) is 2.37. The molecule has 1 aliphatic carbocycles. The third-order valence-electron chi connectivity index (χ3n) is 3.47. The summed E-state index contributed by atoms with van der Waals surface area (Å²) in [5, 5.41) is 8.49. The average molecular weight is 238 g/mol. The van der Waals surface area contributed by atoms with Gasteiger partial charge in [0.1, 0.15) is 0 Å². The highest BCUT2D eigenvalue weighted by Crippen LogP contribution is 2.38. The van der Waals surface area contributed by atoms with Crippen LogP contribution in [0.1, 0.15) is 77.6 Å². The van der Waals surface area contributed by atoms with E-state index in [-0.39, 0.29) is 0 Å². The lowest BCUT2D eigenvalue weighted by atomic mass is 10.1. The molecule has 1 N–H and O–H groups in total. The van der Waals surface area contributed by atoms with Crippen LogP contribution >= 0.6 is 0 Å². The number of carbonyl (C=O) groups is 1. The van der Waals surface area contributed by atoms with E-state index in [4.69, 9.17) is 5.11 Å². The first kappa shape index (κ1) is 14.3. The Balaban J connectivity index is 1.81. The number of aliphatic carboxylic acids is 1. The van der Waals surface area contributed by atoms with Gasteiger partial charge in [-0.3, -0.25) is 4.79 Å². The van der Waals surface area contributed by atoms with Gasteiger partial charge in [0.25, 0.3) is 0 Å². The smallest absolute Gasteiger partial charge is 0.303 e. The topological polar surface area (TPSA) is 37.3 Å². The maximum Gasteiger partial charge on any atom is 0.303 e. The first-order chi connectivity index (χ1) is 8.24. The summed E-state index contributed by atoms with van der Waals surface area (Å²) in [5.41, 5.74) is 3.46. The summed E-state index contributed by atoms with van der Waals surface area (Å²) in [4.78, 5) is 10.3. The van der Waals surface area contributed by atoms with Crippen molar-refractivity contribution in [2.45, 2.75) is 77.6 Å². The summed E-state index contributed by atoms with van der Waals surface area (Å²) in [5.74, 6) is -0.658. The molecular weight excluding hydrogens is 212 g/mol. The van der Waals surface area contributed by atoms with Crippen LogP contribution in [0.25, 0.3) is 0 Å². The number of hydrogen-bond donors (Lipinski definition) is 1. The maximum atomic E-state index is 10.3. The molecule has 0 bridgehead atoms. The third kappa shape index (κ3) is 7.19. The first-order valence-electron chi connectivity index (χ1n) is 7.15. The zero-order valence-corrected chi connectivity index (χ0v) is 11.1. The van der Waals surface area contributed by atoms with Crippen molar-refractivity contribution in [2.24, 2.45) is 0 Å². The van der Waals surface area contributed by atoms with Crippen LogP contribution < -0.4 is 0 Å². The second-order valence-electron chi connectivity index (χ2n) is 5.15. The Kier molecular flexibility index (Phi) is 6.99. The van der Waals surface area contributed by atoms with Crippen molar-refractivity contribution in [3.05, 3.63) is 11.1 Å². The standard InChI is InChI=1S/C15H26O2/c1-2-9-13-12-14(13)10-7-5-3-4-6-8-11-15(16)17/h2-12H2,1H3,(H,16,17). The molecule has 2 heteroatoms. The fourth-order valence-electron chi connectivity index (χ4n) is 2.37. The fraction of sp³-hybridized carbons (Fsp3) is 0.800. The van der Waals surface area contributed by atoms with Crippen LogP contribution in [0.5, 0.6) is 0 Å². The van der Waals surface area contributed by atoms with Crippen LogP contribution in [-0.4, -0.2) is 11.1 Å². The number of rotatable bonds is 11. The number of unbranched alkanes of at least 4 members (excludes halogenated alkanes) is 5. The van der Waals surface area contributed by atoms with Crippen molar-refractivity contribution in [2.75, 3.05) is 0 Å². The average Bonchev–Trinajstić information content (AvgIpc) is 3.01. The monoisotopic (exact) mass is 238 g/mol. The number of hydrogen-bond acceptors (Lipinski definition) is 1. The molecule has 2 nitrogen and oxygen atoms in total. The van der Waals surface area contributed by atoms with E-state index in [1.807, 2.05) is 0 Å². The molecule has 0 aromatic carbocycles. The molecule has 0 saturated carbocycles. The number of carboxylic acid groups (broad SMARTS) is 1. The molecule has 0 saturated heterocycles. The molecule has 98 valence electrons. The van der Waals surface area contributed by atoms with E-state index in [1.54, 1.807) is 11.1 Å². The normalized spacial score (nSPS) is 14.2. The Morgan fingerprint density at radius 3 is 2.24 bits per heavy atom. The summed E-state index contributed by atoms with van der Waals surface area (Å²) < 4.78 is 0. The molecule has 0 atom stereocenters. The van der Waals surface area contributed by atoms with Crippen molar-refractivity contribution < 1.29 is 9.90 Å². The molecule has 0 aromatic heterocycles. The van der Waals surface area contributed by atoms with E-state index in [9.17, 15) is 4.79 Å². The van der Waals surface area contributed by atoms with Crippen LogP contribution in [0.2, 0.25) is 0 Å². The highest BCUT2D eigenvalue weighted by molar-refractivity contribution is 5.66. The summed E-state index contributed by atoms with van der Waals surface area (Å²) in [6, 6.07) is 0. The van der Waals surface area contributed by atoms with E-state index in [0.29, 0.717) is 6.42 Å². The second kappa shape index (κ2) is 8.32. The lowest BCUT2D eigenvalue weighted by Gasteiger charge is -1.99. The van der Waals surface area contributed by atoms with E-state index in [2.05, 4.69) is 6.92 Å². The van der Waals surface area contributed by atoms with Crippen LogP contribution in [0.4, 0.5) is 0 Å². The van der Waals surface area contributed by atoms with Crippen LogP contribution in [0.15, 0.2) is 11.1 Å². The quantitative estimate of drug-likeness (QED) is 0.419. The minimum Gasteiger partial charge on any atom is -0.481 e. The first-order valence-corrected chi connectivity index (χ1v) is 7.15. The predicted octanol–water partition coefficient (Wildman–Crippen LogP) is 4.69. The highest BCUT2D eigenvalue weighted by Gasteiger charge is 2.18. The van der Waals surface area contributed by atoms with Gasteiger partial charge in [0, 0.05) is 6.42 Å². The van der Waals surface area contributed by atoms with Crippen molar-refractivity contribution in [1.82, 2.24) is 0 Å². The van der Waals surface area contributed by atoms with Crippen molar-refractivity contribution >= 4 is 5.97 Å². The van der Waals surface area contributed by atoms with Crippen molar-refractivity contribution in [3.63, 3.8) is 0 Å². The Morgan fingerprint density at radius 2 is 1.59 bits per heavy atom. The van der Waals surface area contributed by atoms with Crippen molar-refractivity contribution in [3.8, 4) is 0 Å². The van der Waals surface area contributed by atoms with Gasteiger partial charge in [0.05, 0.1) is 0 Å². The molecule has 1 aliphatic rings. The van der Waals surface area contributed by atoms with Gasteiger partial charge in [0.15, 0.2) is 0 Å². The minimum absolute atomic E-state index is 0.341. The largest absolute Gasteiger partial charge is 0.481 e. The number of allylic oxidation sites excluding steroid dienone is 2. The summed E-state index contributed by atoms with van der Waals surface area (Å²) in [6.07, 6.45) is 12.7. The van der Waals surface area contributed by atoms with Crippen molar-refractivity contribution in [1.29, 1.82) is 0 Å². The van der Waals surface area contributed by atoms with Gasteiger partial charge in [-0.1, -0.05) is 50.2 Å². The Bertz CT molecular complexity index is 266. The molecule has 0 spiro atoms. The molecular formula is C15H26O2. The van der Waals surface area contributed by atoms with Gasteiger partial charge in [-0.25, -0.2) is 0 Å². The Hall–Kier alpha value is -0.790. The van der Waals surface area contributed by atoms with E-state index >= 15 is 0 Å². The zero-order valence-electron chi connectivity index (χ0n) is 11.1. The van der Waals surface area contributed by atoms with E-state index in [1.165, 1.54) is 51.4 Å². The predicted molar refractivity (Wildman–Crippen MR) is 71.1 cm³/mol. The van der Waals surface area contributed by atoms with Gasteiger partial charge in [-0.2, -0.15) is 0 Å². The molecule has 0 aliphatic heterocycles. The molecule has 0 amide bonds. The van der Waals surface area contributed by atoms with Crippen LogP contribution in [-0.2, 0) is 4.79 Å². The van der Waals surface area contributed by atoms with Gasteiger partial charge < -0.3 is 5.11 Å². The van der Waals surface area contributed by atoms with E-state index in [0.717, 1.165) is 12.8 Å². The zero-order chi connectivity index (χ0) is 12.5. The van der Waals surface area contributed by atoms with Gasteiger partial charge in [-0.05, 0) is 32.1 Å². The van der Waals surface area contributed by atoms with Gasteiger partial charge >= 0.3 is 5.97 Å². The van der Waals surface area contributed by atoms with Crippen LogP contribution in [0, 0.1) is 0 Å².